The molecular formula is C55H48N2. The zero-order valence-corrected chi connectivity index (χ0v) is 33.1. The maximum atomic E-state index is 9.19. The van der Waals surface area contributed by atoms with E-state index in [9.17, 15) is 5.41 Å². The van der Waals surface area contributed by atoms with Crippen molar-refractivity contribution in [2.45, 2.75) is 38.5 Å². The lowest BCUT2D eigenvalue weighted by atomic mass is 9.55. The van der Waals surface area contributed by atoms with Crippen molar-refractivity contribution < 1.29 is 0 Å². The van der Waals surface area contributed by atoms with Gasteiger partial charge in [0.25, 0.3) is 0 Å². The van der Waals surface area contributed by atoms with Crippen LogP contribution in [-0.2, 0) is 10.8 Å². The Morgan fingerprint density at radius 2 is 1.02 bits per heavy atom. The molecule has 2 aliphatic rings. The molecule has 0 saturated carbocycles. The van der Waals surface area contributed by atoms with Gasteiger partial charge in [-0.15, -0.1) is 0 Å². The molecule has 0 aromatic heterocycles. The highest BCUT2D eigenvalue weighted by Crippen LogP contribution is 2.63. The van der Waals surface area contributed by atoms with Crippen molar-refractivity contribution in [1.29, 1.82) is 5.41 Å². The Morgan fingerprint density at radius 3 is 1.61 bits per heavy atom. The molecule has 2 heteroatoms. The quantitative estimate of drug-likeness (QED) is 0.174. The number of hydrogen-bond donors (Lipinski definition) is 2. The van der Waals surface area contributed by atoms with Crippen LogP contribution < -0.4 is 5.73 Å². The summed E-state index contributed by atoms with van der Waals surface area (Å²) in [7, 11) is 0. The highest BCUT2D eigenvalue weighted by Gasteiger charge is 2.53. The summed E-state index contributed by atoms with van der Waals surface area (Å²) in [5, 5.41) is 11.7. The summed E-state index contributed by atoms with van der Waals surface area (Å²) < 4.78 is 0. The van der Waals surface area contributed by atoms with Crippen LogP contribution in [0.25, 0.3) is 33.0 Å². The molecule has 0 saturated heterocycles. The summed E-state index contributed by atoms with van der Waals surface area (Å²) >= 11 is 0. The van der Waals surface area contributed by atoms with E-state index < -0.39 is 5.41 Å². The molecule has 0 atom stereocenters. The second kappa shape index (κ2) is 15.4. The highest BCUT2D eigenvalue weighted by atomic mass is 14.6. The van der Waals surface area contributed by atoms with Crippen LogP contribution in [0.15, 0.2) is 206 Å². The van der Waals surface area contributed by atoms with Crippen molar-refractivity contribution in [2.75, 3.05) is 0 Å². The van der Waals surface area contributed by atoms with Gasteiger partial charge < -0.3 is 11.1 Å². The molecule has 0 unspecified atom stereocenters. The number of aryl methyl sites for hydroxylation is 1. The van der Waals surface area contributed by atoms with Crippen molar-refractivity contribution in [3.63, 3.8) is 0 Å². The minimum absolute atomic E-state index is 0.159. The van der Waals surface area contributed by atoms with Gasteiger partial charge in [0.2, 0.25) is 0 Å². The van der Waals surface area contributed by atoms with Gasteiger partial charge in [-0.2, -0.15) is 0 Å². The van der Waals surface area contributed by atoms with E-state index in [0.29, 0.717) is 11.4 Å². The fourth-order valence-corrected chi connectivity index (χ4v) is 9.05. The predicted octanol–water partition coefficient (Wildman–Crippen LogP) is 13.4. The van der Waals surface area contributed by atoms with Crippen molar-refractivity contribution in [3.05, 3.63) is 250 Å². The molecule has 8 aromatic carbocycles. The monoisotopic (exact) mass is 736 g/mol. The van der Waals surface area contributed by atoms with Crippen LogP contribution in [-0.4, -0.2) is 5.71 Å². The molecule has 1 spiro atoms. The van der Waals surface area contributed by atoms with Crippen molar-refractivity contribution in [3.8, 4) is 22.3 Å². The standard InChI is InChI=1S/C42H34N2.C7H8.C6H6/c1-26(43)24-39(44)31-16-11-21-38-40(31)32-25-28(30-15-10-13-27-12-4-5-14-29(27)30)22-23-33(32)42(38)36-19-8-6-17-34(36)41(2,3)35-18-7-9-20-37(35)42;1-7-5-3-2-4-6-7;1-2-4-6-5-3-1/h4-25,44H,43H2,1-3H3;2-6H,1H3;1-6H/b26-24-,44-39?;;. The second-order valence-electron chi connectivity index (χ2n) is 15.6. The minimum atomic E-state index is -0.511. The van der Waals surface area contributed by atoms with E-state index in [1.54, 1.807) is 6.08 Å². The van der Waals surface area contributed by atoms with E-state index >= 15 is 0 Å². The lowest BCUT2D eigenvalue weighted by Crippen LogP contribution is -2.40. The van der Waals surface area contributed by atoms with Gasteiger partial charge in [-0.3, -0.25) is 0 Å². The Balaban J connectivity index is 0.000000297. The van der Waals surface area contributed by atoms with Crippen molar-refractivity contribution in [1.82, 2.24) is 0 Å². The molecule has 0 radical (unpaired) electrons. The summed E-state index contributed by atoms with van der Waals surface area (Å²) in [4.78, 5) is 0. The number of fused-ring (bicyclic) bond motifs is 10. The molecule has 10 rings (SSSR count). The van der Waals surface area contributed by atoms with E-state index in [1.165, 1.54) is 66.4 Å². The van der Waals surface area contributed by atoms with Crippen LogP contribution in [0, 0.1) is 12.3 Å². The van der Waals surface area contributed by atoms with Gasteiger partial charge >= 0.3 is 0 Å². The van der Waals surface area contributed by atoms with Crippen LogP contribution in [0.2, 0.25) is 0 Å². The predicted molar refractivity (Wildman–Crippen MR) is 241 cm³/mol. The lowest BCUT2D eigenvalue weighted by Gasteiger charge is -2.46. The number of rotatable bonds is 3. The first-order valence-corrected chi connectivity index (χ1v) is 19.7. The average molecular weight is 737 g/mol. The first kappa shape index (κ1) is 37.2. The van der Waals surface area contributed by atoms with Gasteiger partial charge in [-0.1, -0.05) is 207 Å². The van der Waals surface area contributed by atoms with Gasteiger partial charge in [-0.25, -0.2) is 0 Å². The Kier molecular flexibility index (Phi) is 10.0. The van der Waals surface area contributed by atoms with Crippen LogP contribution >= 0.6 is 0 Å². The SMILES string of the molecule is C/C(N)=C/C(=N)c1cccc2c1-c1cc(-c3cccc4ccccc34)ccc1C21c2ccccc2C(C)(C)c2ccccc21.Cc1ccccc1.c1ccccc1. The van der Waals surface area contributed by atoms with Gasteiger partial charge in [-0.05, 0) is 92.4 Å². The minimum Gasteiger partial charge on any atom is -0.402 e. The van der Waals surface area contributed by atoms with Crippen LogP contribution in [0.1, 0.15) is 65.3 Å². The summed E-state index contributed by atoms with van der Waals surface area (Å²) in [6, 6.07) is 68.9. The van der Waals surface area contributed by atoms with Crippen LogP contribution in [0.4, 0.5) is 0 Å². The molecule has 0 fully saturated rings. The summed E-state index contributed by atoms with van der Waals surface area (Å²) in [6.45, 7) is 8.62. The normalized spacial score (nSPS) is 13.8. The second-order valence-corrected chi connectivity index (χ2v) is 15.6. The number of nitrogens with two attached hydrogens (primary N) is 1. The van der Waals surface area contributed by atoms with Crippen LogP contribution in [0.3, 0.4) is 0 Å². The summed E-state index contributed by atoms with van der Waals surface area (Å²) in [5.41, 5.74) is 21.2. The molecule has 0 bridgehead atoms. The lowest BCUT2D eigenvalue weighted by molar-refractivity contribution is 0.563. The molecule has 0 amide bonds. The van der Waals surface area contributed by atoms with E-state index in [2.05, 4.69) is 160 Å². The van der Waals surface area contributed by atoms with E-state index in [1.807, 2.05) is 61.5 Å². The smallest absolute Gasteiger partial charge is 0.0719 e. The third-order valence-corrected chi connectivity index (χ3v) is 11.5. The van der Waals surface area contributed by atoms with Gasteiger partial charge in [0.1, 0.15) is 0 Å². The Hall–Kier alpha value is -6.77. The van der Waals surface area contributed by atoms with Gasteiger partial charge in [0.05, 0.1) is 11.1 Å². The molecule has 3 N–H and O–H groups in total. The van der Waals surface area contributed by atoms with Crippen molar-refractivity contribution >= 4 is 16.5 Å². The fraction of sp³-hybridized carbons (Fsp3) is 0.109. The number of hydrogen-bond acceptors (Lipinski definition) is 2. The van der Waals surface area contributed by atoms with Gasteiger partial charge in [0.15, 0.2) is 0 Å². The first-order valence-electron chi connectivity index (χ1n) is 19.7. The average Bonchev–Trinajstić information content (AvgIpc) is 3.54. The van der Waals surface area contributed by atoms with Crippen LogP contribution in [0.5, 0.6) is 0 Å². The maximum Gasteiger partial charge on any atom is 0.0719 e. The molecule has 0 heterocycles. The van der Waals surface area contributed by atoms with E-state index in [4.69, 9.17) is 5.73 Å². The summed E-state index contributed by atoms with van der Waals surface area (Å²) in [5.74, 6) is 0. The Morgan fingerprint density at radius 1 is 0.509 bits per heavy atom. The molecule has 57 heavy (non-hydrogen) atoms. The fourth-order valence-electron chi connectivity index (χ4n) is 9.05. The highest BCUT2D eigenvalue weighted by molar-refractivity contribution is 6.13. The zero-order chi connectivity index (χ0) is 39.6. The Labute approximate surface area is 337 Å². The molecule has 2 nitrogen and oxygen atoms in total. The number of benzene rings is 8. The molecule has 8 aromatic rings. The number of allylic oxidation sites excluding steroid dienone is 2. The Bertz CT molecular complexity index is 2670. The first-order chi connectivity index (χ1) is 27.7. The third kappa shape index (κ3) is 6.58. The van der Waals surface area contributed by atoms with Crippen molar-refractivity contribution in [2.24, 2.45) is 5.73 Å². The van der Waals surface area contributed by atoms with E-state index in [-0.39, 0.29) is 5.41 Å². The molecule has 2 aliphatic carbocycles. The summed E-state index contributed by atoms with van der Waals surface area (Å²) in [6.07, 6.45) is 1.78. The topological polar surface area (TPSA) is 49.9 Å². The molecular weight excluding hydrogens is 689 g/mol. The third-order valence-electron chi connectivity index (χ3n) is 11.5. The van der Waals surface area contributed by atoms with E-state index in [0.717, 1.165) is 11.1 Å². The zero-order valence-electron chi connectivity index (χ0n) is 33.1. The molecule has 278 valence electrons. The number of nitrogens with one attached hydrogen (secondary N) is 1. The largest absolute Gasteiger partial charge is 0.402 e. The maximum absolute atomic E-state index is 9.19. The van der Waals surface area contributed by atoms with Gasteiger partial charge in [0, 0.05) is 16.7 Å². The molecule has 0 aliphatic heterocycles.